The number of fused-ring (bicyclic) bond motifs is 1. The van der Waals surface area contributed by atoms with Crippen LogP contribution in [0, 0.1) is 0 Å². The number of piperidine rings is 1. The number of rotatable bonds is 3. The number of nitrogens with zero attached hydrogens (tertiary/aromatic N) is 2. The Hall–Kier alpha value is -1.45. The van der Waals surface area contributed by atoms with E-state index in [2.05, 4.69) is 39.7 Å². The van der Waals surface area contributed by atoms with Gasteiger partial charge in [-0.3, -0.25) is 10.4 Å². The van der Waals surface area contributed by atoms with E-state index in [-0.39, 0.29) is 0 Å². The number of hydrogen-bond donors (Lipinski definition) is 1. The summed E-state index contributed by atoms with van der Waals surface area (Å²) in [5.41, 5.74) is 4.80. The summed E-state index contributed by atoms with van der Waals surface area (Å²) in [4.78, 5) is 4.32. The first kappa shape index (κ1) is 11.6. The molecule has 1 fully saturated rings. The maximum absolute atomic E-state index is 4.32. The third-order valence-electron chi connectivity index (χ3n) is 3.60. The molecule has 0 saturated carbocycles. The van der Waals surface area contributed by atoms with Gasteiger partial charge in [-0.15, -0.1) is 0 Å². The highest BCUT2D eigenvalue weighted by atomic mass is 15.5. The van der Waals surface area contributed by atoms with E-state index in [4.69, 9.17) is 0 Å². The Morgan fingerprint density at radius 3 is 2.78 bits per heavy atom. The molecule has 0 amide bonds. The molecule has 0 bridgehead atoms. The van der Waals surface area contributed by atoms with Gasteiger partial charge in [0.1, 0.15) is 0 Å². The second-order valence-electron chi connectivity index (χ2n) is 4.90. The summed E-state index contributed by atoms with van der Waals surface area (Å²) in [5.74, 6) is 0. The molecule has 0 radical (unpaired) electrons. The zero-order chi connectivity index (χ0) is 12.2. The van der Waals surface area contributed by atoms with E-state index in [1.165, 1.54) is 35.6 Å². The predicted molar refractivity (Wildman–Crippen MR) is 74.0 cm³/mol. The van der Waals surface area contributed by atoms with Crippen LogP contribution >= 0.6 is 0 Å². The first-order valence-corrected chi connectivity index (χ1v) is 6.73. The van der Waals surface area contributed by atoms with E-state index < -0.39 is 0 Å². The number of nitrogens with one attached hydrogen (secondary N) is 1. The summed E-state index contributed by atoms with van der Waals surface area (Å²) >= 11 is 0. The van der Waals surface area contributed by atoms with Crippen LogP contribution in [0.3, 0.4) is 0 Å². The molecule has 2 heterocycles. The van der Waals surface area contributed by atoms with Gasteiger partial charge in [-0.05, 0) is 23.8 Å². The molecule has 1 aromatic carbocycles. The molecular formula is C15H19N3. The summed E-state index contributed by atoms with van der Waals surface area (Å²) in [5, 5.41) is 4.86. The Kier molecular flexibility index (Phi) is 3.53. The van der Waals surface area contributed by atoms with Gasteiger partial charge in [-0.2, -0.15) is 0 Å². The highest BCUT2D eigenvalue weighted by Gasteiger charge is 2.09. The van der Waals surface area contributed by atoms with Crippen molar-refractivity contribution in [3.63, 3.8) is 0 Å². The molecule has 0 atom stereocenters. The highest BCUT2D eigenvalue weighted by Crippen LogP contribution is 2.17. The molecule has 0 spiro atoms. The molecule has 0 aliphatic carbocycles. The zero-order valence-electron chi connectivity index (χ0n) is 10.6. The van der Waals surface area contributed by atoms with Crippen molar-refractivity contribution in [1.29, 1.82) is 0 Å². The Morgan fingerprint density at radius 2 is 1.89 bits per heavy atom. The first-order valence-electron chi connectivity index (χ1n) is 6.73. The standard InChI is InChI=1S/C15H19N3/c1-4-8-18(9-5-1)17-12-14-11-16-10-13-6-2-3-7-15(13)14/h2-3,6-7,10-11,17H,1,4-5,8-9,12H2. The van der Waals surface area contributed by atoms with Crippen molar-refractivity contribution < 1.29 is 0 Å². The number of benzene rings is 1. The number of hydrazine groups is 1. The third kappa shape index (κ3) is 2.52. The van der Waals surface area contributed by atoms with Crippen molar-refractivity contribution in [2.24, 2.45) is 0 Å². The van der Waals surface area contributed by atoms with Crippen LogP contribution in [0.5, 0.6) is 0 Å². The minimum absolute atomic E-state index is 0.869. The van der Waals surface area contributed by atoms with Gasteiger partial charge in [0.2, 0.25) is 0 Å². The Morgan fingerprint density at radius 1 is 1.06 bits per heavy atom. The SMILES string of the molecule is c1ccc2c(CNN3CCCCC3)cncc2c1. The van der Waals surface area contributed by atoms with Crippen LogP contribution < -0.4 is 5.43 Å². The van der Waals surface area contributed by atoms with E-state index in [1.807, 2.05) is 12.4 Å². The van der Waals surface area contributed by atoms with E-state index >= 15 is 0 Å². The molecule has 1 N–H and O–H groups in total. The molecule has 3 heteroatoms. The summed E-state index contributed by atoms with van der Waals surface area (Å²) in [7, 11) is 0. The molecule has 1 aromatic heterocycles. The lowest BCUT2D eigenvalue weighted by atomic mass is 10.1. The zero-order valence-corrected chi connectivity index (χ0v) is 10.6. The van der Waals surface area contributed by atoms with Gasteiger partial charge in [0, 0.05) is 37.4 Å². The molecule has 1 aliphatic heterocycles. The Labute approximate surface area is 108 Å². The minimum Gasteiger partial charge on any atom is -0.264 e. The van der Waals surface area contributed by atoms with Crippen molar-refractivity contribution in [1.82, 2.24) is 15.4 Å². The van der Waals surface area contributed by atoms with E-state index in [9.17, 15) is 0 Å². The number of aromatic nitrogens is 1. The quantitative estimate of drug-likeness (QED) is 0.895. The maximum atomic E-state index is 4.32. The highest BCUT2D eigenvalue weighted by molar-refractivity contribution is 5.84. The van der Waals surface area contributed by atoms with Crippen LogP contribution in [0.25, 0.3) is 10.8 Å². The molecular weight excluding hydrogens is 222 g/mol. The third-order valence-corrected chi connectivity index (χ3v) is 3.60. The lowest BCUT2D eigenvalue weighted by Crippen LogP contribution is -2.41. The second kappa shape index (κ2) is 5.46. The summed E-state index contributed by atoms with van der Waals surface area (Å²) in [6.45, 7) is 3.20. The smallest absolute Gasteiger partial charge is 0.0374 e. The van der Waals surface area contributed by atoms with E-state index in [0.717, 1.165) is 19.6 Å². The maximum Gasteiger partial charge on any atom is 0.0374 e. The van der Waals surface area contributed by atoms with Gasteiger partial charge in [0.15, 0.2) is 0 Å². The van der Waals surface area contributed by atoms with Gasteiger partial charge in [0.25, 0.3) is 0 Å². The van der Waals surface area contributed by atoms with Crippen molar-refractivity contribution in [2.75, 3.05) is 13.1 Å². The van der Waals surface area contributed by atoms with Crippen LogP contribution in [-0.4, -0.2) is 23.1 Å². The van der Waals surface area contributed by atoms with Gasteiger partial charge in [-0.1, -0.05) is 30.7 Å². The fraction of sp³-hybridized carbons (Fsp3) is 0.400. The fourth-order valence-corrected chi connectivity index (χ4v) is 2.57. The van der Waals surface area contributed by atoms with E-state index in [0.29, 0.717) is 0 Å². The fourth-order valence-electron chi connectivity index (χ4n) is 2.57. The Bertz CT molecular complexity index is 513. The largest absolute Gasteiger partial charge is 0.264 e. The molecule has 94 valence electrons. The molecule has 18 heavy (non-hydrogen) atoms. The first-order chi connectivity index (χ1) is 8.93. The van der Waals surface area contributed by atoms with Crippen LogP contribution in [0.4, 0.5) is 0 Å². The molecule has 2 aromatic rings. The molecule has 1 aliphatic rings. The summed E-state index contributed by atoms with van der Waals surface area (Å²) in [6, 6.07) is 8.44. The summed E-state index contributed by atoms with van der Waals surface area (Å²) in [6.07, 6.45) is 7.88. The lowest BCUT2D eigenvalue weighted by Gasteiger charge is -2.27. The second-order valence-corrected chi connectivity index (χ2v) is 4.90. The monoisotopic (exact) mass is 241 g/mol. The van der Waals surface area contributed by atoms with Crippen molar-refractivity contribution in [3.05, 3.63) is 42.2 Å². The van der Waals surface area contributed by atoms with Gasteiger partial charge >= 0.3 is 0 Å². The van der Waals surface area contributed by atoms with Crippen molar-refractivity contribution in [3.8, 4) is 0 Å². The van der Waals surface area contributed by atoms with Crippen LogP contribution in [-0.2, 0) is 6.54 Å². The normalized spacial score (nSPS) is 17.1. The summed E-state index contributed by atoms with van der Waals surface area (Å²) < 4.78 is 0. The molecule has 0 unspecified atom stereocenters. The molecule has 3 nitrogen and oxygen atoms in total. The van der Waals surface area contributed by atoms with Crippen LogP contribution in [0.15, 0.2) is 36.7 Å². The number of pyridine rings is 1. The van der Waals surface area contributed by atoms with Gasteiger partial charge < -0.3 is 0 Å². The van der Waals surface area contributed by atoms with Crippen LogP contribution in [0.2, 0.25) is 0 Å². The van der Waals surface area contributed by atoms with Crippen molar-refractivity contribution in [2.45, 2.75) is 25.8 Å². The average molecular weight is 241 g/mol. The van der Waals surface area contributed by atoms with Crippen LogP contribution in [0.1, 0.15) is 24.8 Å². The number of hydrogen-bond acceptors (Lipinski definition) is 3. The van der Waals surface area contributed by atoms with Crippen molar-refractivity contribution >= 4 is 10.8 Å². The van der Waals surface area contributed by atoms with Gasteiger partial charge in [-0.25, -0.2) is 5.01 Å². The van der Waals surface area contributed by atoms with Gasteiger partial charge in [0.05, 0.1) is 0 Å². The molecule has 3 rings (SSSR count). The Balaban J connectivity index is 1.74. The minimum atomic E-state index is 0.869. The molecule has 1 saturated heterocycles. The predicted octanol–water partition coefficient (Wildman–Crippen LogP) is 2.73. The average Bonchev–Trinajstić information content (AvgIpc) is 2.46. The lowest BCUT2D eigenvalue weighted by molar-refractivity contribution is 0.151. The van der Waals surface area contributed by atoms with E-state index in [1.54, 1.807) is 0 Å². The topological polar surface area (TPSA) is 28.2 Å².